The summed E-state index contributed by atoms with van der Waals surface area (Å²) in [4.78, 5) is 11.9. The Kier molecular flexibility index (Phi) is 20.3. The van der Waals surface area contributed by atoms with E-state index in [0.29, 0.717) is 6.42 Å². The van der Waals surface area contributed by atoms with Crippen LogP contribution in [0.3, 0.4) is 0 Å². The van der Waals surface area contributed by atoms with Crippen LogP contribution in [0.2, 0.25) is 0 Å². The molecule has 19 heteroatoms. The zero-order valence-corrected chi connectivity index (χ0v) is 30.7. The number of unbranched alkanes of at least 4 members (excludes halogenated alkanes) is 5. The smallest absolute Gasteiger partial charge is 0.217 e. The van der Waals surface area contributed by atoms with Gasteiger partial charge < -0.3 is 89.9 Å². The molecule has 0 aromatic heterocycles. The van der Waals surface area contributed by atoms with Crippen LogP contribution in [0, 0.1) is 0 Å². The number of hydrogen-bond donors (Lipinski definition) is 12. The van der Waals surface area contributed by atoms with E-state index in [4.69, 9.17) is 28.4 Å². The highest BCUT2D eigenvalue weighted by molar-refractivity contribution is 5.73. The number of carbonyl (C=O) groups is 1. The van der Waals surface area contributed by atoms with Crippen LogP contribution in [0.4, 0.5) is 0 Å². The molecule has 0 aromatic rings. The summed E-state index contributed by atoms with van der Waals surface area (Å²) in [6.45, 7) is 0.599. The summed E-state index contributed by atoms with van der Waals surface area (Å²) in [6.07, 6.45) is -12.1. The molecule has 1 amide bonds. The number of carbonyl (C=O) groups excluding carboxylic acids is 1. The quantitative estimate of drug-likeness (QED) is 0.0392. The molecule has 314 valence electrons. The molecule has 54 heavy (non-hydrogen) atoms. The van der Waals surface area contributed by atoms with E-state index in [2.05, 4.69) is 24.4 Å². The number of allylic oxidation sites excluding steroid dienone is 3. The molecule has 0 bridgehead atoms. The van der Waals surface area contributed by atoms with Gasteiger partial charge in [-0.3, -0.25) is 4.79 Å². The summed E-state index contributed by atoms with van der Waals surface area (Å²) in [5.41, 5.74) is 0. The van der Waals surface area contributed by atoms with Gasteiger partial charge in [-0.05, 0) is 25.7 Å². The molecule has 0 radical (unpaired) electrons. The van der Waals surface area contributed by atoms with Crippen LogP contribution in [-0.4, -0.2) is 193 Å². The van der Waals surface area contributed by atoms with Crippen molar-refractivity contribution in [3.8, 4) is 0 Å². The Labute approximate surface area is 314 Å². The zero-order valence-electron chi connectivity index (χ0n) is 30.7. The van der Waals surface area contributed by atoms with Crippen molar-refractivity contribution in [2.45, 2.75) is 163 Å². The van der Waals surface area contributed by atoms with Gasteiger partial charge in [0.1, 0.15) is 73.2 Å². The second kappa shape index (κ2) is 23.5. The van der Waals surface area contributed by atoms with Crippen LogP contribution in [0.1, 0.15) is 58.8 Å². The molecule has 0 aliphatic carbocycles. The summed E-state index contributed by atoms with van der Waals surface area (Å²) in [7, 11) is 0. The monoisotopic (exact) mass is 783 g/mol. The van der Waals surface area contributed by atoms with Gasteiger partial charge in [-0.2, -0.15) is 0 Å². The average Bonchev–Trinajstić information content (AvgIpc) is 3.15. The number of ether oxygens (including phenoxy) is 6. The minimum atomic E-state index is -1.97. The first-order valence-electron chi connectivity index (χ1n) is 18.5. The summed E-state index contributed by atoms with van der Waals surface area (Å²) in [6, 6.07) is -0.983. The number of aliphatic hydroxyl groups excluding tert-OH is 11. The van der Waals surface area contributed by atoms with Gasteiger partial charge in [-0.25, -0.2) is 0 Å². The standard InChI is InChI=1S/C35H61NO18/c1-3-4-5-6-7-8-9-10-11-12-13-20(41)19(36-18(2)40)17-49-33-29(47)26(44)31(22(15-38)51-33)54-35-30(48)27(45)32(23(16-39)52-35)53-34-28(46)25(43)24(42)21(14-37)50-34/h8-9,12-13,19-35,37-39,41-48H,3-7,10-11,14-17H2,1-2H3,(H,36,40)/b9-8+,13-12+. The van der Waals surface area contributed by atoms with Crippen molar-refractivity contribution in [3.63, 3.8) is 0 Å². The van der Waals surface area contributed by atoms with E-state index >= 15 is 0 Å². The van der Waals surface area contributed by atoms with Gasteiger partial charge in [0.2, 0.25) is 5.91 Å². The normalized spacial score (nSPS) is 38.9. The summed E-state index contributed by atoms with van der Waals surface area (Å²) in [5, 5.41) is 117. The fourth-order valence-electron chi connectivity index (χ4n) is 6.35. The first kappa shape index (κ1) is 46.7. The molecular formula is C35H61NO18. The SMILES string of the molecule is CCCCCC/C=C/CC/C=C/C(O)C(COC1OC(CO)C(OC2OC(CO)C(OC3OC(CO)C(O)C(O)C3O)C(O)C2O)C(O)C1O)NC(C)=O. The topological polar surface area (TPSA) is 307 Å². The largest absolute Gasteiger partial charge is 0.394 e. The third-order valence-electron chi connectivity index (χ3n) is 9.54. The van der Waals surface area contributed by atoms with Crippen molar-refractivity contribution >= 4 is 5.91 Å². The van der Waals surface area contributed by atoms with Crippen LogP contribution in [0.15, 0.2) is 24.3 Å². The fourth-order valence-corrected chi connectivity index (χ4v) is 6.35. The molecule has 3 rings (SSSR count). The number of aliphatic hydroxyl groups is 11. The molecule has 0 saturated carbocycles. The second-order valence-corrected chi connectivity index (χ2v) is 13.8. The average molecular weight is 784 g/mol. The molecule has 3 aliphatic heterocycles. The van der Waals surface area contributed by atoms with E-state index < -0.39 is 130 Å². The number of nitrogens with one attached hydrogen (secondary N) is 1. The summed E-state index contributed by atoms with van der Waals surface area (Å²) >= 11 is 0. The van der Waals surface area contributed by atoms with Gasteiger partial charge in [-0.1, -0.05) is 50.5 Å². The maximum atomic E-state index is 11.9. The Bertz CT molecular complexity index is 1130. The van der Waals surface area contributed by atoms with Gasteiger partial charge in [0.05, 0.1) is 38.6 Å². The van der Waals surface area contributed by atoms with E-state index in [1.807, 2.05) is 0 Å². The lowest BCUT2D eigenvalue weighted by Gasteiger charge is -2.48. The van der Waals surface area contributed by atoms with Crippen LogP contribution in [0.25, 0.3) is 0 Å². The highest BCUT2D eigenvalue weighted by atomic mass is 16.8. The molecule has 3 saturated heterocycles. The van der Waals surface area contributed by atoms with Crippen molar-refractivity contribution in [1.29, 1.82) is 0 Å². The van der Waals surface area contributed by atoms with Gasteiger partial charge in [0, 0.05) is 6.92 Å². The predicted molar refractivity (Wildman–Crippen MR) is 185 cm³/mol. The predicted octanol–water partition coefficient (Wildman–Crippen LogP) is -3.82. The number of rotatable bonds is 21. The highest BCUT2D eigenvalue weighted by Crippen LogP contribution is 2.32. The molecule has 3 fully saturated rings. The molecule has 17 unspecified atom stereocenters. The van der Waals surface area contributed by atoms with E-state index in [0.717, 1.165) is 19.3 Å². The van der Waals surface area contributed by atoms with E-state index in [-0.39, 0.29) is 6.61 Å². The van der Waals surface area contributed by atoms with Crippen LogP contribution in [0.5, 0.6) is 0 Å². The van der Waals surface area contributed by atoms with Gasteiger partial charge in [0.15, 0.2) is 18.9 Å². The van der Waals surface area contributed by atoms with Gasteiger partial charge in [-0.15, -0.1) is 0 Å². The molecule has 12 N–H and O–H groups in total. The molecule has 17 atom stereocenters. The molecule has 19 nitrogen and oxygen atoms in total. The van der Waals surface area contributed by atoms with E-state index in [9.17, 15) is 61.0 Å². The lowest BCUT2D eigenvalue weighted by Crippen LogP contribution is -2.66. The molecule has 0 spiro atoms. The Morgan fingerprint density at radius 3 is 1.70 bits per heavy atom. The maximum absolute atomic E-state index is 11.9. The van der Waals surface area contributed by atoms with Crippen molar-refractivity contribution < 1.29 is 89.4 Å². The lowest BCUT2D eigenvalue weighted by atomic mass is 9.96. The fraction of sp³-hybridized carbons (Fsp3) is 0.857. The lowest BCUT2D eigenvalue weighted by molar-refractivity contribution is -0.379. The van der Waals surface area contributed by atoms with E-state index in [1.54, 1.807) is 6.08 Å². The Hall–Kier alpha value is -1.73. The second-order valence-electron chi connectivity index (χ2n) is 13.8. The van der Waals surface area contributed by atoms with Crippen molar-refractivity contribution in [3.05, 3.63) is 24.3 Å². The minimum Gasteiger partial charge on any atom is -0.394 e. The Balaban J connectivity index is 1.58. The van der Waals surface area contributed by atoms with Crippen LogP contribution >= 0.6 is 0 Å². The Morgan fingerprint density at radius 1 is 0.648 bits per heavy atom. The van der Waals surface area contributed by atoms with Crippen LogP contribution in [-0.2, 0) is 33.2 Å². The van der Waals surface area contributed by atoms with E-state index in [1.165, 1.54) is 32.3 Å². The first-order valence-corrected chi connectivity index (χ1v) is 18.5. The minimum absolute atomic E-state index is 0.383. The molecule has 3 heterocycles. The number of hydrogen-bond acceptors (Lipinski definition) is 18. The molecular weight excluding hydrogens is 722 g/mol. The van der Waals surface area contributed by atoms with Gasteiger partial charge >= 0.3 is 0 Å². The Morgan fingerprint density at radius 2 is 1.15 bits per heavy atom. The molecule has 3 aliphatic rings. The third-order valence-corrected chi connectivity index (χ3v) is 9.54. The first-order chi connectivity index (χ1) is 25.8. The van der Waals surface area contributed by atoms with Gasteiger partial charge in [0.25, 0.3) is 0 Å². The number of amides is 1. The zero-order chi connectivity index (χ0) is 39.9. The van der Waals surface area contributed by atoms with Crippen molar-refractivity contribution in [2.24, 2.45) is 0 Å². The summed E-state index contributed by atoms with van der Waals surface area (Å²) in [5.74, 6) is -0.468. The maximum Gasteiger partial charge on any atom is 0.217 e. The van der Waals surface area contributed by atoms with Crippen LogP contribution < -0.4 is 5.32 Å². The highest BCUT2D eigenvalue weighted by Gasteiger charge is 2.53. The molecule has 0 aromatic carbocycles. The summed E-state index contributed by atoms with van der Waals surface area (Å²) < 4.78 is 33.4. The van der Waals surface area contributed by atoms with Crippen molar-refractivity contribution in [2.75, 3.05) is 26.4 Å². The third kappa shape index (κ3) is 12.9. The van der Waals surface area contributed by atoms with Crippen molar-refractivity contribution in [1.82, 2.24) is 5.32 Å².